The van der Waals surface area contributed by atoms with Crippen LogP contribution in [0.25, 0.3) is 10.1 Å². The van der Waals surface area contributed by atoms with Gasteiger partial charge in [0.15, 0.2) is 0 Å². The first kappa shape index (κ1) is 9.94. The van der Waals surface area contributed by atoms with E-state index in [0.29, 0.717) is 0 Å². The first-order chi connectivity index (χ1) is 6.77. The summed E-state index contributed by atoms with van der Waals surface area (Å²) >= 11 is 4.04. The van der Waals surface area contributed by atoms with Gasteiger partial charge in [-0.25, -0.2) is 0 Å². The molecule has 1 nitrogen and oxygen atoms in total. The zero-order valence-corrected chi connectivity index (χ0v) is 10.6. The zero-order chi connectivity index (χ0) is 10.1. The Kier molecular flexibility index (Phi) is 2.75. The number of nitriles is 1. The van der Waals surface area contributed by atoms with E-state index in [0.717, 1.165) is 22.9 Å². The Morgan fingerprint density at radius 1 is 1.57 bits per heavy atom. The fourth-order valence-electron chi connectivity index (χ4n) is 1.57. The van der Waals surface area contributed by atoms with Gasteiger partial charge in [0, 0.05) is 13.7 Å². The minimum atomic E-state index is 0.851. The van der Waals surface area contributed by atoms with Gasteiger partial charge in [-0.1, -0.05) is 6.92 Å². The summed E-state index contributed by atoms with van der Waals surface area (Å²) in [6.07, 6.45) is 0.921. The van der Waals surface area contributed by atoms with Crippen molar-refractivity contribution in [2.24, 2.45) is 0 Å². The third kappa shape index (κ3) is 1.43. The summed E-state index contributed by atoms with van der Waals surface area (Å²) in [5.74, 6) is 0. The van der Waals surface area contributed by atoms with Gasteiger partial charge in [0.25, 0.3) is 0 Å². The summed E-state index contributed by atoms with van der Waals surface area (Å²) in [6, 6.07) is 6.47. The van der Waals surface area contributed by atoms with Crippen LogP contribution in [0.4, 0.5) is 0 Å². The maximum atomic E-state index is 9.11. The van der Waals surface area contributed by atoms with Crippen LogP contribution in [0.3, 0.4) is 0 Å². The smallest absolute Gasteiger partial charge is 0.100 e. The van der Waals surface area contributed by atoms with Crippen molar-refractivity contribution in [2.75, 3.05) is 0 Å². The predicted octanol–water partition coefficient (Wildman–Crippen LogP) is 3.94. The zero-order valence-electron chi connectivity index (χ0n) is 7.67. The van der Waals surface area contributed by atoms with Gasteiger partial charge in [0.05, 0.1) is 5.56 Å². The largest absolute Gasteiger partial charge is 0.192 e. The van der Waals surface area contributed by atoms with Crippen molar-refractivity contribution in [2.45, 2.75) is 13.3 Å². The molecule has 1 aromatic carbocycles. The molecule has 0 aliphatic carbocycles. The highest BCUT2D eigenvalue weighted by atomic mass is 127. The number of rotatable bonds is 1. The molecule has 0 bridgehead atoms. The van der Waals surface area contributed by atoms with E-state index in [2.05, 4.69) is 41.7 Å². The third-order valence-corrected chi connectivity index (χ3v) is 4.43. The molecule has 2 rings (SSSR count). The van der Waals surface area contributed by atoms with E-state index < -0.39 is 0 Å². The van der Waals surface area contributed by atoms with E-state index in [4.69, 9.17) is 5.26 Å². The molecule has 1 aromatic heterocycles. The van der Waals surface area contributed by atoms with Gasteiger partial charge < -0.3 is 0 Å². The number of hydrogen-bond donors (Lipinski definition) is 0. The normalized spacial score (nSPS) is 10.4. The first-order valence-corrected chi connectivity index (χ1v) is 6.32. The van der Waals surface area contributed by atoms with Crippen molar-refractivity contribution in [3.8, 4) is 6.07 Å². The second kappa shape index (κ2) is 3.87. The van der Waals surface area contributed by atoms with Gasteiger partial charge in [-0.15, -0.1) is 11.3 Å². The topological polar surface area (TPSA) is 23.8 Å². The average Bonchev–Trinajstić information content (AvgIpc) is 2.66. The van der Waals surface area contributed by atoms with Crippen molar-refractivity contribution in [3.05, 3.63) is 32.2 Å². The first-order valence-electron chi connectivity index (χ1n) is 4.36. The van der Waals surface area contributed by atoms with Crippen LogP contribution in [0, 0.1) is 14.9 Å². The highest BCUT2D eigenvalue weighted by Crippen LogP contribution is 2.31. The molecule has 70 valence electrons. The maximum Gasteiger partial charge on any atom is 0.100 e. The standard InChI is InChI=1S/C11H8INS/c1-2-7-5-10(12)11-8(3-4-14-11)9(7)6-13/h3-5H,2H2,1H3. The molecule has 0 amide bonds. The number of fused-ring (bicyclic) bond motifs is 1. The fourth-order valence-corrected chi connectivity index (χ4v) is 3.42. The molecule has 0 fully saturated rings. The lowest BCUT2D eigenvalue weighted by Gasteiger charge is -2.03. The highest BCUT2D eigenvalue weighted by molar-refractivity contribution is 14.1. The minimum Gasteiger partial charge on any atom is -0.192 e. The quantitative estimate of drug-likeness (QED) is 0.732. The van der Waals surface area contributed by atoms with Crippen LogP contribution in [0.5, 0.6) is 0 Å². The number of aryl methyl sites for hydroxylation is 1. The molecule has 2 aromatic rings. The van der Waals surface area contributed by atoms with Crippen LogP contribution in [0.2, 0.25) is 0 Å². The maximum absolute atomic E-state index is 9.11. The lowest BCUT2D eigenvalue weighted by molar-refractivity contribution is 1.13. The monoisotopic (exact) mass is 313 g/mol. The highest BCUT2D eigenvalue weighted by Gasteiger charge is 2.09. The van der Waals surface area contributed by atoms with Crippen LogP contribution in [-0.4, -0.2) is 0 Å². The van der Waals surface area contributed by atoms with Crippen LogP contribution in [0.1, 0.15) is 18.1 Å². The number of halogens is 1. The Labute approximate surface area is 101 Å². The summed E-state index contributed by atoms with van der Waals surface area (Å²) in [5, 5.41) is 12.3. The van der Waals surface area contributed by atoms with Crippen LogP contribution < -0.4 is 0 Å². The average molecular weight is 313 g/mol. The Hall–Kier alpha value is -0.600. The van der Waals surface area contributed by atoms with Crippen molar-refractivity contribution >= 4 is 44.0 Å². The van der Waals surface area contributed by atoms with Crippen molar-refractivity contribution in [1.82, 2.24) is 0 Å². The molecule has 0 saturated carbocycles. The van der Waals surface area contributed by atoms with Gasteiger partial charge in [0.1, 0.15) is 6.07 Å². The molecular formula is C11H8INS. The van der Waals surface area contributed by atoms with Gasteiger partial charge in [-0.05, 0) is 52.1 Å². The van der Waals surface area contributed by atoms with Crippen LogP contribution in [-0.2, 0) is 6.42 Å². The summed E-state index contributed by atoms with van der Waals surface area (Å²) in [6.45, 7) is 2.09. The molecule has 0 aliphatic heterocycles. The van der Waals surface area contributed by atoms with Gasteiger partial charge in [-0.2, -0.15) is 5.26 Å². The third-order valence-electron chi connectivity index (χ3n) is 2.27. The van der Waals surface area contributed by atoms with E-state index >= 15 is 0 Å². The van der Waals surface area contributed by atoms with E-state index in [9.17, 15) is 0 Å². The summed E-state index contributed by atoms with van der Waals surface area (Å²) in [4.78, 5) is 0. The molecule has 1 heterocycles. The van der Waals surface area contributed by atoms with Gasteiger partial charge in [-0.3, -0.25) is 0 Å². The molecule has 3 heteroatoms. The number of nitrogens with zero attached hydrogens (tertiary/aromatic N) is 1. The Morgan fingerprint density at radius 2 is 2.36 bits per heavy atom. The molecule has 0 aliphatic rings. The van der Waals surface area contributed by atoms with E-state index in [1.807, 2.05) is 11.4 Å². The Bertz CT molecular complexity index is 522. The lowest BCUT2D eigenvalue weighted by Crippen LogP contribution is -1.89. The molecule has 0 N–H and O–H groups in total. The van der Waals surface area contributed by atoms with E-state index in [1.54, 1.807) is 11.3 Å². The molecule has 0 spiro atoms. The van der Waals surface area contributed by atoms with Crippen molar-refractivity contribution in [1.29, 1.82) is 5.26 Å². The molecule has 0 unspecified atom stereocenters. The van der Waals surface area contributed by atoms with Gasteiger partial charge >= 0.3 is 0 Å². The second-order valence-corrected chi connectivity index (χ2v) is 5.10. The number of benzene rings is 1. The minimum absolute atomic E-state index is 0.851. The summed E-state index contributed by atoms with van der Waals surface area (Å²) < 4.78 is 2.49. The molecule has 0 atom stereocenters. The van der Waals surface area contributed by atoms with Gasteiger partial charge in [0.2, 0.25) is 0 Å². The molecule has 0 saturated heterocycles. The Balaban J connectivity index is 2.91. The van der Waals surface area contributed by atoms with Crippen LogP contribution >= 0.6 is 33.9 Å². The van der Waals surface area contributed by atoms with Crippen molar-refractivity contribution < 1.29 is 0 Å². The van der Waals surface area contributed by atoms with E-state index in [-0.39, 0.29) is 0 Å². The van der Waals surface area contributed by atoms with Crippen LogP contribution in [0.15, 0.2) is 17.5 Å². The van der Waals surface area contributed by atoms with E-state index in [1.165, 1.54) is 8.27 Å². The SMILES string of the molecule is CCc1cc(I)c2sccc2c1C#N. The molecule has 14 heavy (non-hydrogen) atoms. The summed E-state index contributed by atoms with van der Waals surface area (Å²) in [5.41, 5.74) is 2.01. The Morgan fingerprint density at radius 3 is 3.00 bits per heavy atom. The lowest BCUT2D eigenvalue weighted by atomic mass is 10.0. The van der Waals surface area contributed by atoms with Crippen molar-refractivity contribution in [3.63, 3.8) is 0 Å². The molecule has 0 radical (unpaired) electrons. The molecular weight excluding hydrogens is 305 g/mol. The summed E-state index contributed by atoms with van der Waals surface area (Å²) in [7, 11) is 0. The number of thiophene rings is 1. The number of hydrogen-bond acceptors (Lipinski definition) is 2. The fraction of sp³-hybridized carbons (Fsp3) is 0.182. The second-order valence-electron chi connectivity index (χ2n) is 3.02. The predicted molar refractivity (Wildman–Crippen MR) is 68.6 cm³/mol.